The van der Waals surface area contributed by atoms with E-state index >= 15 is 0 Å². The number of sulfonamides is 1. The smallest absolute Gasteiger partial charge is 0.253 e. The minimum atomic E-state index is -3.95. The van der Waals surface area contributed by atoms with Crippen molar-refractivity contribution >= 4 is 15.9 Å². The second kappa shape index (κ2) is 6.08. The number of halogens is 1. The summed E-state index contributed by atoms with van der Waals surface area (Å²) < 4.78 is 39.2. The number of hydrogen-bond acceptors (Lipinski definition) is 4. The van der Waals surface area contributed by atoms with Crippen LogP contribution in [0.3, 0.4) is 0 Å². The Morgan fingerprint density at radius 1 is 1.48 bits per heavy atom. The van der Waals surface area contributed by atoms with E-state index in [0.717, 1.165) is 25.0 Å². The van der Waals surface area contributed by atoms with E-state index in [0.29, 0.717) is 13.1 Å². The maximum Gasteiger partial charge on any atom is 0.253 e. The number of rotatable bonds is 3. The molecule has 6 nitrogen and oxygen atoms in total. The Bertz CT molecular complexity index is 648. The Morgan fingerprint density at radius 2 is 2.19 bits per heavy atom. The highest BCUT2D eigenvalue weighted by atomic mass is 32.2. The molecule has 1 aliphatic rings. The van der Waals surface area contributed by atoms with E-state index in [1.165, 1.54) is 13.1 Å². The fourth-order valence-electron chi connectivity index (χ4n) is 2.33. The second-order valence-electron chi connectivity index (χ2n) is 5.01. The summed E-state index contributed by atoms with van der Waals surface area (Å²) in [6.07, 6.45) is 1.66. The van der Waals surface area contributed by atoms with E-state index < -0.39 is 20.7 Å². The van der Waals surface area contributed by atoms with Gasteiger partial charge in [-0.1, -0.05) is 0 Å². The number of nitrogens with two attached hydrogens (primary N) is 1. The summed E-state index contributed by atoms with van der Waals surface area (Å²) in [6.45, 7) is 0.988. The Kier molecular flexibility index (Phi) is 4.60. The fourth-order valence-corrected chi connectivity index (χ4v) is 3.16. The molecule has 1 aliphatic heterocycles. The largest absolute Gasteiger partial charge is 0.337 e. The molecular weight excluding hydrogens is 297 g/mol. The highest BCUT2D eigenvalue weighted by molar-refractivity contribution is 7.89. The summed E-state index contributed by atoms with van der Waals surface area (Å²) >= 11 is 0. The van der Waals surface area contributed by atoms with Crippen LogP contribution in [0.1, 0.15) is 23.2 Å². The molecule has 0 spiro atoms. The van der Waals surface area contributed by atoms with Crippen LogP contribution < -0.4 is 10.5 Å². The van der Waals surface area contributed by atoms with Gasteiger partial charge in [-0.25, -0.2) is 17.5 Å². The van der Waals surface area contributed by atoms with E-state index in [4.69, 9.17) is 5.73 Å². The number of hydrogen-bond donors (Lipinski definition) is 2. The first kappa shape index (κ1) is 15.9. The van der Waals surface area contributed by atoms with Crippen molar-refractivity contribution in [3.63, 3.8) is 0 Å². The third-order valence-electron chi connectivity index (χ3n) is 3.48. The van der Waals surface area contributed by atoms with Gasteiger partial charge >= 0.3 is 0 Å². The summed E-state index contributed by atoms with van der Waals surface area (Å²) in [5.74, 6) is -1.23. The molecule has 21 heavy (non-hydrogen) atoms. The van der Waals surface area contributed by atoms with Crippen LogP contribution in [-0.2, 0) is 10.0 Å². The van der Waals surface area contributed by atoms with Crippen molar-refractivity contribution < 1.29 is 17.6 Å². The SMILES string of the molecule is CNS(=O)(=O)c1cc(C(=O)N2CCC[C@H](N)C2)ccc1F. The van der Waals surface area contributed by atoms with Gasteiger partial charge in [-0.2, -0.15) is 0 Å². The number of amides is 1. The molecule has 1 aromatic carbocycles. The van der Waals surface area contributed by atoms with E-state index in [2.05, 4.69) is 0 Å². The number of nitrogens with zero attached hydrogens (tertiary/aromatic N) is 1. The maximum absolute atomic E-state index is 13.7. The first-order chi connectivity index (χ1) is 9.85. The van der Waals surface area contributed by atoms with Crippen molar-refractivity contribution in [1.82, 2.24) is 9.62 Å². The number of nitrogens with one attached hydrogen (secondary N) is 1. The monoisotopic (exact) mass is 315 g/mol. The molecule has 1 atom stereocenters. The van der Waals surface area contributed by atoms with Crippen molar-refractivity contribution in [3.8, 4) is 0 Å². The molecule has 0 aromatic heterocycles. The van der Waals surface area contributed by atoms with Crippen LogP contribution in [0.25, 0.3) is 0 Å². The Balaban J connectivity index is 2.32. The van der Waals surface area contributed by atoms with Crippen molar-refractivity contribution in [3.05, 3.63) is 29.6 Å². The second-order valence-corrected chi connectivity index (χ2v) is 6.86. The zero-order valence-electron chi connectivity index (χ0n) is 11.7. The third-order valence-corrected chi connectivity index (χ3v) is 4.91. The van der Waals surface area contributed by atoms with Crippen molar-refractivity contribution in [2.24, 2.45) is 5.73 Å². The predicted octanol–water partition coefficient (Wildman–Crippen LogP) is 0.297. The van der Waals surface area contributed by atoms with Gasteiger partial charge in [-0.3, -0.25) is 4.79 Å². The minimum Gasteiger partial charge on any atom is -0.337 e. The molecule has 0 bridgehead atoms. The molecule has 1 saturated heterocycles. The number of carbonyl (C=O) groups is 1. The molecule has 1 amide bonds. The lowest BCUT2D eigenvalue weighted by atomic mass is 10.1. The first-order valence-corrected chi connectivity index (χ1v) is 8.11. The molecule has 116 valence electrons. The lowest BCUT2D eigenvalue weighted by Crippen LogP contribution is -2.45. The summed E-state index contributed by atoms with van der Waals surface area (Å²) in [5, 5.41) is 0. The van der Waals surface area contributed by atoms with Crippen LogP contribution in [-0.4, -0.2) is 45.4 Å². The molecule has 1 fully saturated rings. The van der Waals surface area contributed by atoms with Crippen LogP contribution in [0.15, 0.2) is 23.1 Å². The molecule has 0 aliphatic carbocycles. The molecule has 1 aromatic rings. The van der Waals surface area contributed by atoms with Crippen LogP contribution in [0.2, 0.25) is 0 Å². The topological polar surface area (TPSA) is 92.5 Å². The molecule has 1 heterocycles. The van der Waals surface area contributed by atoms with E-state index in [1.54, 1.807) is 4.90 Å². The highest BCUT2D eigenvalue weighted by Gasteiger charge is 2.25. The first-order valence-electron chi connectivity index (χ1n) is 6.63. The Hall–Kier alpha value is -1.51. The number of likely N-dealkylation sites (tertiary alicyclic amines) is 1. The van der Waals surface area contributed by atoms with Crippen LogP contribution in [0.4, 0.5) is 4.39 Å². The highest BCUT2D eigenvalue weighted by Crippen LogP contribution is 2.19. The zero-order valence-corrected chi connectivity index (χ0v) is 12.5. The standard InChI is InChI=1S/C13H18FN3O3S/c1-16-21(19,20)12-7-9(4-5-11(12)14)13(18)17-6-2-3-10(15)8-17/h4-5,7,10,16H,2-3,6,8,15H2,1H3/t10-/m0/s1. The van der Waals surface area contributed by atoms with Crippen molar-refractivity contribution in [2.45, 2.75) is 23.8 Å². The molecule has 8 heteroatoms. The molecule has 0 unspecified atom stereocenters. The third kappa shape index (κ3) is 3.39. The van der Waals surface area contributed by atoms with Crippen molar-refractivity contribution in [1.29, 1.82) is 0 Å². The van der Waals surface area contributed by atoms with Gasteiger partial charge in [0.2, 0.25) is 10.0 Å². The van der Waals surface area contributed by atoms with Gasteiger partial charge < -0.3 is 10.6 Å². The number of carbonyl (C=O) groups excluding carboxylic acids is 1. The maximum atomic E-state index is 13.7. The molecule has 2 rings (SSSR count). The summed E-state index contributed by atoms with van der Waals surface area (Å²) in [4.78, 5) is 13.4. The van der Waals surface area contributed by atoms with E-state index in [-0.39, 0.29) is 17.5 Å². The van der Waals surface area contributed by atoms with Gasteiger partial charge in [-0.15, -0.1) is 0 Å². The summed E-state index contributed by atoms with van der Waals surface area (Å²) in [5.41, 5.74) is 5.96. The van der Waals surface area contributed by atoms with Crippen LogP contribution in [0, 0.1) is 5.82 Å². The molecular formula is C13H18FN3O3S. The number of benzene rings is 1. The normalized spacial score (nSPS) is 19.6. The fraction of sp³-hybridized carbons (Fsp3) is 0.462. The molecule has 0 saturated carbocycles. The number of piperidine rings is 1. The lowest BCUT2D eigenvalue weighted by molar-refractivity contribution is 0.0708. The van der Waals surface area contributed by atoms with Gasteiger partial charge in [0.15, 0.2) is 0 Å². The summed E-state index contributed by atoms with van der Waals surface area (Å²) in [6, 6.07) is 3.25. The van der Waals surface area contributed by atoms with Gasteiger partial charge in [-0.05, 0) is 38.1 Å². The van der Waals surface area contributed by atoms with Gasteiger partial charge in [0.1, 0.15) is 10.7 Å². The summed E-state index contributed by atoms with van der Waals surface area (Å²) in [7, 11) is -2.76. The molecule has 0 radical (unpaired) electrons. The van der Waals surface area contributed by atoms with Gasteiger partial charge in [0.05, 0.1) is 0 Å². The predicted molar refractivity (Wildman–Crippen MR) is 75.8 cm³/mol. The quantitative estimate of drug-likeness (QED) is 0.839. The lowest BCUT2D eigenvalue weighted by Gasteiger charge is -2.30. The van der Waals surface area contributed by atoms with E-state index in [1.807, 2.05) is 4.72 Å². The van der Waals surface area contributed by atoms with Crippen LogP contribution in [0.5, 0.6) is 0 Å². The van der Waals surface area contributed by atoms with Gasteiger partial charge in [0, 0.05) is 24.7 Å². The van der Waals surface area contributed by atoms with E-state index in [9.17, 15) is 17.6 Å². The Morgan fingerprint density at radius 3 is 2.81 bits per heavy atom. The molecule has 3 N–H and O–H groups in total. The van der Waals surface area contributed by atoms with Crippen LogP contribution >= 0.6 is 0 Å². The minimum absolute atomic E-state index is 0.0799. The van der Waals surface area contributed by atoms with Crippen molar-refractivity contribution in [2.75, 3.05) is 20.1 Å². The Labute approximate surface area is 123 Å². The average molecular weight is 315 g/mol. The van der Waals surface area contributed by atoms with Gasteiger partial charge in [0.25, 0.3) is 5.91 Å². The zero-order chi connectivity index (χ0) is 15.6. The average Bonchev–Trinajstić information content (AvgIpc) is 2.47.